The third kappa shape index (κ3) is 4.31. The normalized spacial score (nSPS) is 12.0. The van der Waals surface area contributed by atoms with E-state index in [1.807, 2.05) is 6.92 Å². The van der Waals surface area contributed by atoms with E-state index in [1.54, 1.807) is 45.0 Å². The molecule has 3 heterocycles. The van der Waals surface area contributed by atoms with Crippen LogP contribution in [0.25, 0.3) is 11.0 Å². The van der Waals surface area contributed by atoms with Crippen molar-refractivity contribution in [2.75, 3.05) is 6.61 Å². The van der Waals surface area contributed by atoms with Gasteiger partial charge in [-0.15, -0.1) is 0 Å². The van der Waals surface area contributed by atoms with Gasteiger partial charge < -0.3 is 14.1 Å². The number of esters is 1. The van der Waals surface area contributed by atoms with Gasteiger partial charge in [0.25, 0.3) is 0 Å². The van der Waals surface area contributed by atoms with E-state index in [0.717, 1.165) is 17.3 Å². The Morgan fingerprint density at radius 3 is 2.61 bits per heavy atom. The Bertz CT molecular complexity index is 1400. The smallest absolute Gasteiger partial charge is 0.355 e. The molecule has 0 amide bonds. The van der Waals surface area contributed by atoms with Gasteiger partial charge in [-0.25, -0.2) is 13.2 Å². The molecule has 0 unspecified atom stereocenters. The molecule has 0 saturated heterocycles. The zero-order valence-corrected chi connectivity index (χ0v) is 20.3. The van der Waals surface area contributed by atoms with Crippen LogP contribution in [0.15, 0.2) is 39.8 Å². The predicted octanol–water partition coefficient (Wildman–Crippen LogP) is 4.11. The number of nitrogens with zero attached hydrogens (tertiary/aromatic N) is 3. The van der Waals surface area contributed by atoms with Crippen LogP contribution in [0.5, 0.6) is 0 Å². The summed E-state index contributed by atoms with van der Waals surface area (Å²) in [5.74, 6) is 0.0216. The summed E-state index contributed by atoms with van der Waals surface area (Å²) < 4.78 is 48.1. The van der Waals surface area contributed by atoms with Gasteiger partial charge in [0.1, 0.15) is 27.4 Å². The molecule has 3 aromatic heterocycles. The molecule has 0 radical (unpaired) electrons. The van der Waals surface area contributed by atoms with Gasteiger partial charge in [0.15, 0.2) is 0 Å². The Morgan fingerprint density at radius 1 is 1.15 bits per heavy atom. The fourth-order valence-electron chi connectivity index (χ4n) is 3.73. The summed E-state index contributed by atoms with van der Waals surface area (Å²) in [7, 11) is -4.00. The summed E-state index contributed by atoms with van der Waals surface area (Å²) in [6.45, 7) is 7.47. The van der Waals surface area contributed by atoms with E-state index < -0.39 is 16.0 Å². The van der Waals surface area contributed by atoms with Crippen molar-refractivity contribution >= 4 is 38.8 Å². The van der Waals surface area contributed by atoms with Gasteiger partial charge in [0.2, 0.25) is 10.0 Å². The molecule has 1 aromatic carbocycles. The maximum absolute atomic E-state index is 13.9. The first-order valence-electron chi connectivity index (χ1n) is 10.3. The molecular formula is C22H24N4O5S2. The Kier molecular flexibility index (Phi) is 6.37. The number of aryl methyl sites for hydroxylation is 2. The van der Waals surface area contributed by atoms with Crippen LogP contribution in [0.1, 0.15) is 45.6 Å². The lowest BCUT2D eigenvalue weighted by Crippen LogP contribution is -2.30. The summed E-state index contributed by atoms with van der Waals surface area (Å²) in [6, 6.07) is 6.72. The Balaban J connectivity index is 1.79. The van der Waals surface area contributed by atoms with Gasteiger partial charge in [-0.05, 0) is 62.6 Å². The molecule has 1 N–H and O–H groups in total. The quantitative estimate of drug-likeness (QED) is 0.371. The summed E-state index contributed by atoms with van der Waals surface area (Å²) in [6.07, 6.45) is 1.50. The standard InChI is InChI=1S/C22H24N4O5S2/c1-5-30-22(27)20-14(3)17(15(4)23-20)12-26(11-16-7-6-10-31-16)33(28,29)18-9-8-13(2)19-21(18)25-32-24-19/h6-10,23H,5,11-12H2,1-4H3. The minimum Gasteiger partial charge on any atom is -0.468 e. The second-order valence-electron chi connectivity index (χ2n) is 7.64. The van der Waals surface area contributed by atoms with E-state index in [4.69, 9.17) is 9.15 Å². The highest BCUT2D eigenvalue weighted by molar-refractivity contribution is 7.89. The number of hydrogen-bond acceptors (Lipinski definition) is 8. The van der Waals surface area contributed by atoms with Gasteiger partial charge >= 0.3 is 5.97 Å². The number of aromatic nitrogens is 3. The lowest BCUT2D eigenvalue weighted by Gasteiger charge is -2.22. The van der Waals surface area contributed by atoms with E-state index in [0.29, 0.717) is 39.3 Å². The number of hydrogen-bond donors (Lipinski definition) is 1. The highest BCUT2D eigenvalue weighted by atomic mass is 32.2. The van der Waals surface area contributed by atoms with E-state index in [9.17, 15) is 13.2 Å². The predicted molar refractivity (Wildman–Crippen MR) is 124 cm³/mol. The van der Waals surface area contributed by atoms with Crippen molar-refractivity contribution < 1.29 is 22.4 Å². The van der Waals surface area contributed by atoms with Crippen LogP contribution in [0.2, 0.25) is 0 Å². The number of H-pyrrole nitrogens is 1. The molecule has 0 aliphatic carbocycles. The zero-order valence-electron chi connectivity index (χ0n) is 18.7. The Hall–Kier alpha value is -3.02. The third-order valence-corrected chi connectivity index (χ3v) is 7.87. The second kappa shape index (κ2) is 9.08. The number of carbonyl (C=O) groups excluding carboxylic acids is 1. The fraction of sp³-hybridized carbons (Fsp3) is 0.318. The minimum atomic E-state index is -4.00. The minimum absolute atomic E-state index is 0.0149. The van der Waals surface area contributed by atoms with Crippen molar-refractivity contribution in [1.82, 2.24) is 18.0 Å². The summed E-state index contributed by atoms with van der Waals surface area (Å²) in [5.41, 5.74) is 4.13. The molecule has 0 spiro atoms. The highest BCUT2D eigenvalue weighted by Crippen LogP contribution is 2.30. The number of ether oxygens (including phenoxy) is 1. The third-order valence-electron chi connectivity index (χ3n) is 5.52. The molecule has 4 rings (SSSR count). The summed E-state index contributed by atoms with van der Waals surface area (Å²) >= 11 is 0.977. The zero-order chi connectivity index (χ0) is 23.8. The van der Waals surface area contributed by atoms with E-state index in [1.165, 1.54) is 10.6 Å². The molecule has 0 bridgehead atoms. The molecule has 174 valence electrons. The molecule has 0 aliphatic heterocycles. The van der Waals surface area contributed by atoms with E-state index in [-0.39, 0.29) is 24.6 Å². The fourth-order valence-corrected chi connectivity index (χ4v) is 5.91. The molecule has 9 nitrogen and oxygen atoms in total. The number of benzene rings is 1. The number of rotatable bonds is 8. The average Bonchev–Trinajstić information content (AvgIpc) is 3.51. The van der Waals surface area contributed by atoms with Crippen LogP contribution in [-0.2, 0) is 27.8 Å². The van der Waals surface area contributed by atoms with Crippen LogP contribution in [0.3, 0.4) is 0 Å². The summed E-state index contributed by atoms with van der Waals surface area (Å²) in [4.78, 5) is 15.5. The Morgan fingerprint density at radius 2 is 1.91 bits per heavy atom. The van der Waals surface area contributed by atoms with Crippen molar-refractivity contribution in [3.8, 4) is 0 Å². The number of furan rings is 1. The maximum Gasteiger partial charge on any atom is 0.355 e. The summed E-state index contributed by atoms with van der Waals surface area (Å²) in [5, 5.41) is 0. The first-order chi connectivity index (χ1) is 15.7. The van der Waals surface area contributed by atoms with Crippen LogP contribution in [0, 0.1) is 20.8 Å². The van der Waals surface area contributed by atoms with Gasteiger partial charge in [-0.1, -0.05) is 6.07 Å². The van der Waals surface area contributed by atoms with Crippen LogP contribution >= 0.6 is 11.7 Å². The molecule has 0 saturated carbocycles. The SMILES string of the molecule is CCOC(=O)c1[nH]c(C)c(CN(Cc2ccco2)S(=O)(=O)c2ccc(C)c3nsnc23)c1C. The molecule has 0 aliphatic rings. The highest BCUT2D eigenvalue weighted by Gasteiger charge is 2.31. The van der Waals surface area contributed by atoms with Gasteiger partial charge in [0, 0.05) is 12.2 Å². The van der Waals surface area contributed by atoms with Crippen molar-refractivity contribution in [2.24, 2.45) is 0 Å². The lowest BCUT2D eigenvalue weighted by molar-refractivity contribution is 0.0519. The van der Waals surface area contributed by atoms with Crippen molar-refractivity contribution in [3.63, 3.8) is 0 Å². The molecule has 33 heavy (non-hydrogen) atoms. The largest absolute Gasteiger partial charge is 0.468 e. The number of sulfonamides is 1. The van der Waals surface area contributed by atoms with E-state index in [2.05, 4.69) is 13.7 Å². The lowest BCUT2D eigenvalue weighted by atomic mass is 10.1. The molecular weight excluding hydrogens is 464 g/mol. The Labute approximate surface area is 195 Å². The van der Waals surface area contributed by atoms with Crippen LogP contribution < -0.4 is 0 Å². The van der Waals surface area contributed by atoms with Crippen LogP contribution in [0.4, 0.5) is 0 Å². The van der Waals surface area contributed by atoms with Crippen molar-refractivity contribution in [1.29, 1.82) is 0 Å². The average molecular weight is 489 g/mol. The number of nitrogens with one attached hydrogen (secondary N) is 1. The van der Waals surface area contributed by atoms with E-state index >= 15 is 0 Å². The second-order valence-corrected chi connectivity index (χ2v) is 10.1. The molecule has 4 aromatic rings. The topological polar surface area (TPSA) is 118 Å². The van der Waals surface area contributed by atoms with Crippen LogP contribution in [-0.4, -0.2) is 39.0 Å². The first-order valence-corrected chi connectivity index (χ1v) is 12.5. The molecule has 0 atom stereocenters. The van der Waals surface area contributed by atoms with Gasteiger partial charge in [0.05, 0.1) is 31.1 Å². The van der Waals surface area contributed by atoms with Crippen molar-refractivity contribution in [3.05, 3.63) is 64.4 Å². The van der Waals surface area contributed by atoms with Gasteiger partial charge in [-0.3, -0.25) is 0 Å². The monoisotopic (exact) mass is 488 g/mol. The molecule has 0 fully saturated rings. The van der Waals surface area contributed by atoms with Crippen molar-refractivity contribution in [2.45, 2.75) is 45.7 Å². The molecule has 11 heteroatoms. The number of fused-ring (bicyclic) bond motifs is 1. The number of carbonyl (C=O) groups is 1. The maximum atomic E-state index is 13.9. The van der Waals surface area contributed by atoms with Gasteiger partial charge in [-0.2, -0.15) is 13.1 Å². The number of aromatic amines is 1. The first kappa shape index (κ1) is 23.1.